The topological polar surface area (TPSA) is 73.1 Å². The fourth-order valence-corrected chi connectivity index (χ4v) is 1.47. The molecule has 0 unspecified atom stereocenters. The van der Waals surface area contributed by atoms with E-state index in [-0.39, 0.29) is 0 Å². The van der Waals surface area contributed by atoms with Crippen molar-refractivity contribution >= 4 is 11.5 Å². The first kappa shape index (κ1) is 12.2. The second-order valence-corrected chi connectivity index (χ2v) is 3.83. The number of aryl methyl sites for hydroxylation is 1. The molecule has 3 N–H and O–H groups in total. The van der Waals surface area contributed by atoms with Crippen molar-refractivity contribution in [3.8, 4) is 5.75 Å². The van der Waals surface area contributed by atoms with E-state index < -0.39 is 0 Å². The molecule has 0 aliphatic carbocycles. The molecule has 1 heterocycles. The quantitative estimate of drug-likeness (QED) is 0.620. The molecule has 1 aromatic heterocycles. The van der Waals surface area contributed by atoms with E-state index in [1.54, 1.807) is 6.20 Å². The highest BCUT2D eigenvalue weighted by Gasteiger charge is 1.96. The van der Waals surface area contributed by atoms with Crippen molar-refractivity contribution in [3.63, 3.8) is 0 Å². The Morgan fingerprint density at radius 3 is 2.72 bits per heavy atom. The molecule has 0 spiro atoms. The number of aromatic nitrogens is 2. The van der Waals surface area contributed by atoms with Crippen LogP contribution in [0.3, 0.4) is 0 Å². The van der Waals surface area contributed by atoms with E-state index in [2.05, 4.69) is 15.3 Å². The zero-order valence-electron chi connectivity index (χ0n) is 10.3. The van der Waals surface area contributed by atoms with Gasteiger partial charge in [0.25, 0.3) is 0 Å². The van der Waals surface area contributed by atoms with Crippen LogP contribution in [0, 0.1) is 6.92 Å². The summed E-state index contributed by atoms with van der Waals surface area (Å²) in [6.45, 7) is 3.10. The first-order chi connectivity index (χ1) is 8.74. The number of ether oxygens (including phenoxy) is 1. The Morgan fingerprint density at radius 1 is 1.22 bits per heavy atom. The summed E-state index contributed by atoms with van der Waals surface area (Å²) in [5.41, 5.74) is 6.32. The van der Waals surface area contributed by atoms with Gasteiger partial charge >= 0.3 is 0 Å². The van der Waals surface area contributed by atoms with E-state index in [0.717, 1.165) is 23.1 Å². The first-order valence-corrected chi connectivity index (χ1v) is 5.76. The van der Waals surface area contributed by atoms with Crippen LogP contribution in [0.2, 0.25) is 0 Å². The number of nitrogen functional groups attached to an aromatic ring is 1. The molecule has 94 valence electrons. The summed E-state index contributed by atoms with van der Waals surface area (Å²) < 4.78 is 5.55. The Balaban J connectivity index is 1.74. The van der Waals surface area contributed by atoms with E-state index in [4.69, 9.17) is 10.5 Å². The fourth-order valence-electron chi connectivity index (χ4n) is 1.47. The monoisotopic (exact) mass is 244 g/mol. The Labute approximate surface area is 106 Å². The summed E-state index contributed by atoms with van der Waals surface area (Å²) in [6, 6.07) is 9.16. The number of hydrogen-bond acceptors (Lipinski definition) is 5. The minimum Gasteiger partial charge on any atom is -0.492 e. The van der Waals surface area contributed by atoms with Crippen LogP contribution >= 0.6 is 0 Å². The molecule has 0 bridgehead atoms. The molecule has 0 fully saturated rings. The molecule has 18 heavy (non-hydrogen) atoms. The van der Waals surface area contributed by atoms with Crippen LogP contribution in [0.4, 0.5) is 11.5 Å². The fraction of sp³-hybridized carbons (Fsp3) is 0.231. The maximum absolute atomic E-state index is 5.59. The number of rotatable bonds is 5. The van der Waals surface area contributed by atoms with Gasteiger partial charge in [-0.25, -0.2) is 9.97 Å². The van der Waals surface area contributed by atoms with E-state index in [1.165, 1.54) is 0 Å². The van der Waals surface area contributed by atoms with Crippen LogP contribution in [-0.4, -0.2) is 23.1 Å². The van der Waals surface area contributed by atoms with Crippen molar-refractivity contribution in [1.29, 1.82) is 0 Å². The maximum Gasteiger partial charge on any atom is 0.129 e. The van der Waals surface area contributed by atoms with Crippen molar-refractivity contribution in [2.24, 2.45) is 0 Å². The first-order valence-electron chi connectivity index (χ1n) is 5.76. The summed E-state index contributed by atoms with van der Waals surface area (Å²) >= 11 is 0. The predicted molar refractivity (Wildman–Crippen MR) is 71.6 cm³/mol. The second-order valence-electron chi connectivity index (χ2n) is 3.83. The zero-order valence-corrected chi connectivity index (χ0v) is 10.3. The summed E-state index contributed by atoms with van der Waals surface area (Å²) in [4.78, 5) is 8.26. The maximum atomic E-state index is 5.59. The third-order valence-corrected chi connectivity index (χ3v) is 2.33. The number of hydrogen-bond donors (Lipinski definition) is 2. The van der Waals surface area contributed by atoms with Crippen LogP contribution < -0.4 is 15.8 Å². The lowest BCUT2D eigenvalue weighted by molar-refractivity contribution is 0.333. The van der Waals surface area contributed by atoms with Crippen molar-refractivity contribution < 1.29 is 4.74 Å². The van der Waals surface area contributed by atoms with E-state index in [1.807, 2.05) is 37.3 Å². The number of nitrogens with one attached hydrogen (secondary N) is 1. The molecule has 0 aliphatic rings. The van der Waals surface area contributed by atoms with Crippen LogP contribution in [0.1, 0.15) is 5.82 Å². The van der Waals surface area contributed by atoms with Gasteiger partial charge in [0.05, 0.1) is 6.54 Å². The van der Waals surface area contributed by atoms with Crippen molar-refractivity contribution in [3.05, 3.63) is 42.4 Å². The lowest BCUT2D eigenvalue weighted by Gasteiger charge is -2.08. The Bertz CT molecular complexity index is 499. The predicted octanol–water partition coefficient (Wildman–Crippen LogP) is 1.86. The highest BCUT2D eigenvalue weighted by molar-refractivity contribution is 5.41. The Kier molecular flexibility index (Phi) is 3.96. The van der Waals surface area contributed by atoms with E-state index >= 15 is 0 Å². The number of anilines is 2. The van der Waals surface area contributed by atoms with Crippen molar-refractivity contribution in [2.45, 2.75) is 6.92 Å². The SMILES string of the molecule is Cc1nccc(NCCOc2ccc(N)cc2)n1. The van der Waals surface area contributed by atoms with Gasteiger partial charge in [0.2, 0.25) is 0 Å². The molecule has 2 aromatic rings. The number of benzene rings is 1. The molecular formula is C13H16N4O. The highest BCUT2D eigenvalue weighted by Crippen LogP contribution is 2.12. The summed E-state index contributed by atoms with van der Waals surface area (Å²) in [6.07, 6.45) is 1.73. The van der Waals surface area contributed by atoms with Gasteiger partial charge < -0.3 is 15.8 Å². The zero-order chi connectivity index (χ0) is 12.8. The average Bonchev–Trinajstić information content (AvgIpc) is 2.37. The van der Waals surface area contributed by atoms with Crippen LogP contribution in [0.25, 0.3) is 0 Å². The summed E-state index contributed by atoms with van der Waals surface area (Å²) in [7, 11) is 0. The third-order valence-electron chi connectivity index (χ3n) is 2.33. The lowest BCUT2D eigenvalue weighted by atomic mass is 10.3. The lowest BCUT2D eigenvalue weighted by Crippen LogP contribution is -2.12. The highest BCUT2D eigenvalue weighted by atomic mass is 16.5. The van der Waals surface area contributed by atoms with E-state index in [9.17, 15) is 0 Å². The van der Waals surface area contributed by atoms with Gasteiger partial charge in [0.15, 0.2) is 0 Å². The van der Waals surface area contributed by atoms with Crippen LogP contribution in [-0.2, 0) is 0 Å². The number of nitrogens with zero attached hydrogens (tertiary/aromatic N) is 2. The smallest absolute Gasteiger partial charge is 0.129 e. The van der Waals surface area contributed by atoms with Gasteiger partial charge in [-0.1, -0.05) is 0 Å². The minimum absolute atomic E-state index is 0.562. The summed E-state index contributed by atoms with van der Waals surface area (Å²) in [5, 5.41) is 3.17. The molecule has 0 atom stereocenters. The molecule has 5 nitrogen and oxygen atoms in total. The van der Waals surface area contributed by atoms with Crippen LogP contribution in [0.15, 0.2) is 36.5 Å². The Hall–Kier alpha value is -2.30. The second kappa shape index (κ2) is 5.86. The van der Waals surface area contributed by atoms with E-state index in [0.29, 0.717) is 13.2 Å². The van der Waals surface area contributed by atoms with Gasteiger partial charge in [-0.15, -0.1) is 0 Å². The van der Waals surface area contributed by atoms with Gasteiger partial charge in [-0.2, -0.15) is 0 Å². The third kappa shape index (κ3) is 3.62. The largest absolute Gasteiger partial charge is 0.492 e. The standard InChI is InChI=1S/C13H16N4O/c1-10-15-7-6-13(17-10)16-8-9-18-12-4-2-11(14)3-5-12/h2-7H,8-9,14H2,1H3,(H,15,16,17). The van der Waals surface area contributed by atoms with Gasteiger partial charge in [0, 0.05) is 11.9 Å². The molecule has 0 radical (unpaired) electrons. The normalized spacial score (nSPS) is 10.1. The molecule has 1 aromatic carbocycles. The summed E-state index contributed by atoms with van der Waals surface area (Å²) in [5.74, 6) is 2.37. The molecule has 0 aliphatic heterocycles. The molecule has 5 heteroatoms. The van der Waals surface area contributed by atoms with Crippen molar-refractivity contribution in [2.75, 3.05) is 24.2 Å². The molecule has 0 saturated carbocycles. The van der Waals surface area contributed by atoms with Gasteiger partial charge in [-0.05, 0) is 37.3 Å². The Morgan fingerprint density at radius 2 is 2.00 bits per heavy atom. The minimum atomic E-state index is 0.562. The molecule has 0 saturated heterocycles. The van der Waals surface area contributed by atoms with Crippen LogP contribution in [0.5, 0.6) is 5.75 Å². The van der Waals surface area contributed by atoms with Crippen molar-refractivity contribution in [1.82, 2.24) is 9.97 Å². The molecular weight excluding hydrogens is 228 g/mol. The average molecular weight is 244 g/mol. The molecule has 0 amide bonds. The molecule has 2 rings (SSSR count). The van der Waals surface area contributed by atoms with Gasteiger partial charge in [0.1, 0.15) is 24.0 Å². The van der Waals surface area contributed by atoms with Gasteiger partial charge in [-0.3, -0.25) is 0 Å². The number of nitrogens with two attached hydrogens (primary N) is 1.